The molecule has 0 aliphatic carbocycles. The maximum Gasteiger partial charge on any atom is 0.341 e. The predicted octanol–water partition coefficient (Wildman–Crippen LogP) is 1.18. The number of aryl methyl sites for hydroxylation is 1. The number of hydrogen-bond acceptors (Lipinski definition) is 6. The number of carbonyl (C=O) groups excluding carboxylic acids is 1. The lowest BCUT2D eigenvalue weighted by Crippen LogP contribution is -2.44. The van der Waals surface area contributed by atoms with Crippen LogP contribution in [-0.4, -0.2) is 54.1 Å². The Hall–Kier alpha value is -3.07. The molecule has 1 atom stereocenters. The van der Waals surface area contributed by atoms with Gasteiger partial charge in [-0.3, -0.25) is 4.68 Å². The molecule has 9 heteroatoms. The average Bonchev–Trinajstić information content (AvgIpc) is 3.16. The molecule has 1 aromatic carbocycles. The molecular weight excluding hydrogens is 374 g/mol. The molecule has 1 unspecified atom stereocenters. The van der Waals surface area contributed by atoms with Gasteiger partial charge in [-0.15, -0.1) is 0 Å². The minimum atomic E-state index is -1.11. The van der Waals surface area contributed by atoms with Crippen LogP contribution < -0.4 is 15.4 Å². The van der Waals surface area contributed by atoms with E-state index in [1.807, 2.05) is 13.0 Å². The average molecular weight is 403 g/mol. The van der Waals surface area contributed by atoms with Crippen molar-refractivity contribution in [2.24, 2.45) is 12.0 Å². The molecule has 158 valence electrons. The summed E-state index contributed by atoms with van der Waals surface area (Å²) in [5, 5.41) is 21.1. The molecular formula is C20H29N5O4. The smallest absolute Gasteiger partial charge is 0.341 e. The maximum atomic E-state index is 11.9. The second-order valence-corrected chi connectivity index (χ2v) is 6.75. The Morgan fingerprint density at radius 2 is 2.10 bits per heavy atom. The maximum absolute atomic E-state index is 11.9. The van der Waals surface area contributed by atoms with Crippen LogP contribution in [0.15, 0.2) is 35.6 Å². The van der Waals surface area contributed by atoms with Gasteiger partial charge in [-0.1, -0.05) is 6.07 Å². The van der Waals surface area contributed by atoms with E-state index in [4.69, 9.17) is 9.47 Å². The largest absolute Gasteiger partial charge is 0.496 e. The number of carbonyl (C=O) groups is 1. The van der Waals surface area contributed by atoms with Gasteiger partial charge in [0.05, 0.1) is 33.5 Å². The molecule has 0 radical (unpaired) electrons. The van der Waals surface area contributed by atoms with Crippen molar-refractivity contribution in [3.05, 3.63) is 47.3 Å². The fraction of sp³-hybridized carbons (Fsp3) is 0.450. The summed E-state index contributed by atoms with van der Waals surface area (Å²) >= 11 is 0. The molecule has 0 aliphatic rings. The van der Waals surface area contributed by atoms with E-state index in [0.29, 0.717) is 35.9 Å². The van der Waals surface area contributed by atoms with E-state index >= 15 is 0 Å². The van der Waals surface area contributed by atoms with Gasteiger partial charge in [0.15, 0.2) is 5.96 Å². The summed E-state index contributed by atoms with van der Waals surface area (Å²) in [6.45, 7) is 4.92. The normalized spacial score (nSPS) is 13.5. The predicted molar refractivity (Wildman–Crippen MR) is 110 cm³/mol. The molecule has 0 fully saturated rings. The topological polar surface area (TPSA) is 110 Å². The lowest BCUT2D eigenvalue weighted by atomic mass is 10.00. The molecule has 1 heterocycles. The molecule has 0 aliphatic heterocycles. The van der Waals surface area contributed by atoms with Crippen molar-refractivity contribution in [1.82, 2.24) is 20.4 Å². The number of ether oxygens (including phenoxy) is 2. The Kier molecular flexibility index (Phi) is 7.60. The Balaban J connectivity index is 2.11. The third-order valence-corrected chi connectivity index (χ3v) is 4.36. The van der Waals surface area contributed by atoms with E-state index in [1.165, 1.54) is 14.2 Å². The first kappa shape index (κ1) is 22.2. The number of aliphatic imine (C=N–C) groups is 1. The lowest BCUT2D eigenvalue weighted by Gasteiger charge is -2.23. The third kappa shape index (κ3) is 5.95. The summed E-state index contributed by atoms with van der Waals surface area (Å²) < 4.78 is 11.7. The van der Waals surface area contributed by atoms with Crippen molar-refractivity contribution in [2.75, 3.05) is 27.3 Å². The van der Waals surface area contributed by atoms with Crippen LogP contribution in [0.2, 0.25) is 0 Å². The second-order valence-electron chi connectivity index (χ2n) is 6.75. The molecule has 29 heavy (non-hydrogen) atoms. The fourth-order valence-corrected chi connectivity index (χ4v) is 2.69. The molecule has 2 aromatic rings. The number of esters is 1. The summed E-state index contributed by atoms with van der Waals surface area (Å²) in [5.74, 6) is 0.527. The van der Waals surface area contributed by atoms with Crippen molar-refractivity contribution in [3.63, 3.8) is 0 Å². The van der Waals surface area contributed by atoms with Crippen LogP contribution in [0.4, 0.5) is 0 Å². The summed E-state index contributed by atoms with van der Waals surface area (Å²) in [6, 6.07) is 5.25. The first-order valence-corrected chi connectivity index (χ1v) is 9.29. The summed E-state index contributed by atoms with van der Waals surface area (Å²) in [6.07, 6.45) is 3.41. The number of nitrogens with one attached hydrogen (secondary N) is 2. The number of benzene rings is 1. The summed E-state index contributed by atoms with van der Waals surface area (Å²) in [4.78, 5) is 16.5. The number of aliphatic hydroxyl groups is 1. The molecule has 0 saturated carbocycles. The van der Waals surface area contributed by atoms with Crippen LogP contribution in [0.3, 0.4) is 0 Å². The first-order valence-electron chi connectivity index (χ1n) is 9.29. The van der Waals surface area contributed by atoms with Crippen LogP contribution in [0.1, 0.15) is 35.3 Å². The second kappa shape index (κ2) is 9.92. The molecule has 3 N–H and O–H groups in total. The van der Waals surface area contributed by atoms with Crippen LogP contribution in [0, 0.1) is 0 Å². The fourth-order valence-electron chi connectivity index (χ4n) is 2.69. The van der Waals surface area contributed by atoms with E-state index in [1.54, 1.807) is 43.2 Å². The number of guanidine groups is 1. The Morgan fingerprint density at radius 1 is 1.34 bits per heavy atom. The van der Waals surface area contributed by atoms with Gasteiger partial charge in [0.1, 0.15) is 16.9 Å². The van der Waals surface area contributed by atoms with Gasteiger partial charge in [0.25, 0.3) is 0 Å². The number of rotatable bonds is 8. The van der Waals surface area contributed by atoms with E-state index in [0.717, 1.165) is 5.56 Å². The highest BCUT2D eigenvalue weighted by atomic mass is 16.5. The zero-order valence-corrected chi connectivity index (χ0v) is 17.5. The van der Waals surface area contributed by atoms with Gasteiger partial charge < -0.3 is 25.2 Å². The Bertz CT molecular complexity index is 860. The van der Waals surface area contributed by atoms with E-state index in [2.05, 4.69) is 20.7 Å². The first-order chi connectivity index (χ1) is 13.8. The molecule has 0 saturated heterocycles. The molecule has 0 spiro atoms. The van der Waals surface area contributed by atoms with Crippen LogP contribution in [0.25, 0.3) is 0 Å². The number of hydrogen-bond donors (Lipinski definition) is 3. The zero-order valence-electron chi connectivity index (χ0n) is 17.5. The van der Waals surface area contributed by atoms with Gasteiger partial charge in [-0.05, 0) is 31.5 Å². The lowest BCUT2D eigenvalue weighted by molar-refractivity contribution is 0.0595. The van der Waals surface area contributed by atoms with Crippen molar-refractivity contribution in [2.45, 2.75) is 26.0 Å². The quantitative estimate of drug-likeness (QED) is 0.345. The van der Waals surface area contributed by atoms with Crippen LogP contribution >= 0.6 is 0 Å². The number of methoxy groups -OCH3 is 2. The van der Waals surface area contributed by atoms with E-state index in [-0.39, 0.29) is 6.54 Å². The van der Waals surface area contributed by atoms with Crippen LogP contribution in [0.5, 0.6) is 5.75 Å². The van der Waals surface area contributed by atoms with Gasteiger partial charge in [-0.25, -0.2) is 9.79 Å². The summed E-state index contributed by atoms with van der Waals surface area (Å²) in [5.41, 5.74) is 0.770. The van der Waals surface area contributed by atoms with Crippen LogP contribution in [-0.2, 0) is 23.9 Å². The SMILES string of the molecule is CCNC(=NCc1ccc(OC)c(C(=O)OC)c1)NCC(C)(O)c1cnn(C)c1. The number of nitrogens with zero attached hydrogens (tertiary/aromatic N) is 3. The third-order valence-electron chi connectivity index (χ3n) is 4.36. The highest BCUT2D eigenvalue weighted by molar-refractivity contribution is 5.92. The van der Waals surface area contributed by atoms with E-state index < -0.39 is 11.6 Å². The summed E-state index contributed by atoms with van der Waals surface area (Å²) in [7, 11) is 4.63. The number of aromatic nitrogens is 2. The monoisotopic (exact) mass is 403 g/mol. The molecule has 2 rings (SSSR count). The molecule has 9 nitrogen and oxygen atoms in total. The zero-order chi connectivity index (χ0) is 21.4. The van der Waals surface area contributed by atoms with Crippen molar-refractivity contribution in [3.8, 4) is 5.75 Å². The van der Waals surface area contributed by atoms with Crippen molar-refractivity contribution in [1.29, 1.82) is 0 Å². The van der Waals surface area contributed by atoms with Crippen molar-refractivity contribution >= 4 is 11.9 Å². The minimum Gasteiger partial charge on any atom is -0.496 e. The van der Waals surface area contributed by atoms with Gasteiger partial charge in [-0.2, -0.15) is 5.10 Å². The van der Waals surface area contributed by atoms with Gasteiger partial charge in [0, 0.05) is 25.4 Å². The van der Waals surface area contributed by atoms with Gasteiger partial charge >= 0.3 is 5.97 Å². The highest BCUT2D eigenvalue weighted by Gasteiger charge is 2.25. The van der Waals surface area contributed by atoms with Crippen molar-refractivity contribution < 1.29 is 19.4 Å². The minimum absolute atomic E-state index is 0.251. The molecule has 0 bridgehead atoms. The highest BCUT2D eigenvalue weighted by Crippen LogP contribution is 2.21. The van der Waals surface area contributed by atoms with Gasteiger partial charge in [0.2, 0.25) is 0 Å². The van der Waals surface area contributed by atoms with E-state index in [9.17, 15) is 9.90 Å². The molecule has 1 aromatic heterocycles. The Morgan fingerprint density at radius 3 is 2.69 bits per heavy atom. The Labute approximate surface area is 170 Å². The standard InChI is InChI=1S/C20H29N5O4/c1-6-21-19(23-13-20(2,27)15-11-24-25(3)12-15)22-10-14-7-8-17(28-4)16(9-14)18(26)29-5/h7-9,11-12,27H,6,10,13H2,1-5H3,(H2,21,22,23). The molecule has 0 amide bonds.